The zero-order valence-electron chi connectivity index (χ0n) is 13.5. The van der Waals surface area contributed by atoms with E-state index in [1.165, 1.54) is 24.2 Å². The van der Waals surface area contributed by atoms with Crippen LogP contribution in [0, 0.1) is 5.92 Å². The van der Waals surface area contributed by atoms with Crippen LogP contribution in [0.4, 0.5) is 0 Å². The smallest absolute Gasteiger partial charge is 0.265 e. The van der Waals surface area contributed by atoms with Gasteiger partial charge in [-0.1, -0.05) is 0 Å². The Kier molecular flexibility index (Phi) is 5.10. The summed E-state index contributed by atoms with van der Waals surface area (Å²) < 4.78 is 5.64. The van der Waals surface area contributed by atoms with Crippen LogP contribution in [0.5, 0.6) is 0 Å². The SMILES string of the molecule is CN1CCC(CN(C)C(=O)c2cnc(C3CCCO3)s2)CC1. The monoisotopic (exact) mass is 323 g/mol. The highest BCUT2D eigenvalue weighted by Crippen LogP contribution is 2.31. The van der Waals surface area contributed by atoms with Gasteiger partial charge in [-0.25, -0.2) is 4.98 Å². The molecule has 0 spiro atoms. The van der Waals surface area contributed by atoms with Gasteiger partial charge in [0.1, 0.15) is 16.0 Å². The van der Waals surface area contributed by atoms with E-state index in [4.69, 9.17) is 4.74 Å². The summed E-state index contributed by atoms with van der Waals surface area (Å²) in [6, 6.07) is 0. The first-order valence-electron chi connectivity index (χ1n) is 8.15. The molecular formula is C16H25N3O2S. The Labute approximate surface area is 136 Å². The molecule has 2 saturated heterocycles. The highest BCUT2D eigenvalue weighted by Gasteiger charge is 2.25. The van der Waals surface area contributed by atoms with Crippen molar-refractivity contribution in [3.05, 3.63) is 16.1 Å². The molecule has 2 fully saturated rings. The minimum absolute atomic E-state index is 0.0978. The van der Waals surface area contributed by atoms with E-state index < -0.39 is 0 Å². The molecule has 1 atom stereocenters. The van der Waals surface area contributed by atoms with Crippen LogP contribution in [0.1, 0.15) is 46.5 Å². The molecule has 1 aromatic rings. The zero-order chi connectivity index (χ0) is 15.5. The van der Waals surface area contributed by atoms with E-state index in [1.807, 2.05) is 11.9 Å². The number of piperidine rings is 1. The van der Waals surface area contributed by atoms with Gasteiger partial charge in [0.25, 0.3) is 5.91 Å². The number of carbonyl (C=O) groups excluding carboxylic acids is 1. The standard InChI is InChI=1S/C16H25N3O2S/c1-18-7-5-12(6-8-18)11-19(2)16(20)14-10-17-15(22-14)13-4-3-9-21-13/h10,12-13H,3-9,11H2,1-2H3. The van der Waals surface area contributed by atoms with Gasteiger partial charge in [0.05, 0.1) is 6.20 Å². The van der Waals surface area contributed by atoms with Crippen LogP contribution in [-0.4, -0.2) is 61.0 Å². The van der Waals surface area contributed by atoms with Crippen molar-refractivity contribution in [3.8, 4) is 0 Å². The molecule has 0 aliphatic carbocycles. The second-order valence-corrected chi connectivity index (χ2v) is 7.56. The third kappa shape index (κ3) is 3.67. The first-order chi connectivity index (χ1) is 10.6. The van der Waals surface area contributed by atoms with Gasteiger partial charge >= 0.3 is 0 Å². The minimum Gasteiger partial charge on any atom is -0.371 e. The van der Waals surface area contributed by atoms with Crippen molar-refractivity contribution >= 4 is 17.2 Å². The Morgan fingerprint density at radius 3 is 2.91 bits per heavy atom. The largest absolute Gasteiger partial charge is 0.371 e. The molecule has 5 nitrogen and oxygen atoms in total. The van der Waals surface area contributed by atoms with Crippen molar-refractivity contribution in [2.75, 3.05) is 40.3 Å². The molecule has 2 aliphatic rings. The molecule has 0 N–H and O–H groups in total. The summed E-state index contributed by atoms with van der Waals surface area (Å²) >= 11 is 1.49. The third-order valence-corrected chi connectivity index (χ3v) is 5.73. The number of nitrogens with zero attached hydrogens (tertiary/aromatic N) is 3. The molecular weight excluding hydrogens is 298 g/mol. The summed E-state index contributed by atoms with van der Waals surface area (Å²) in [5.41, 5.74) is 0. The molecule has 122 valence electrons. The van der Waals surface area contributed by atoms with Gasteiger partial charge in [0.2, 0.25) is 0 Å². The molecule has 3 heterocycles. The Morgan fingerprint density at radius 2 is 2.23 bits per heavy atom. The maximum atomic E-state index is 12.6. The number of ether oxygens (including phenoxy) is 1. The highest BCUT2D eigenvalue weighted by atomic mass is 32.1. The van der Waals surface area contributed by atoms with Crippen LogP contribution in [0.25, 0.3) is 0 Å². The van der Waals surface area contributed by atoms with Gasteiger partial charge in [0.15, 0.2) is 0 Å². The van der Waals surface area contributed by atoms with Crippen LogP contribution in [-0.2, 0) is 4.74 Å². The van der Waals surface area contributed by atoms with Gasteiger partial charge in [0, 0.05) is 20.2 Å². The van der Waals surface area contributed by atoms with Gasteiger partial charge in [-0.2, -0.15) is 0 Å². The van der Waals surface area contributed by atoms with E-state index in [2.05, 4.69) is 16.9 Å². The lowest BCUT2D eigenvalue weighted by Gasteiger charge is -2.31. The fourth-order valence-corrected chi connectivity index (χ4v) is 4.21. The Bertz CT molecular complexity index is 505. The van der Waals surface area contributed by atoms with Crippen LogP contribution >= 0.6 is 11.3 Å². The second kappa shape index (κ2) is 7.06. The fourth-order valence-electron chi connectivity index (χ4n) is 3.21. The number of carbonyl (C=O) groups is 1. The van der Waals surface area contributed by atoms with E-state index in [1.54, 1.807) is 6.20 Å². The molecule has 1 amide bonds. The van der Waals surface area contributed by atoms with Crippen molar-refractivity contribution in [1.29, 1.82) is 0 Å². The van der Waals surface area contributed by atoms with Crippen molar-refractivity contribution in [3.63, 3.8) is 0 Å². The maximum Gasteiger partial charge on any atom is 0.265 e. The predicted octanol–water partition coefficient (Wildman–Crippen LogP) is 2.41. The van der Waals surface area contributed by atoms with Crippen molar-refractivity contribution in [2.24, 2.45) is 5.92 Å². The average molecular weight is 323 g/mol. The van der Waals surface area contributed by atoms with Crippen molar-refractivity contribution in [2.45, 2.75) is 31.8 Å². The minimum atomic E-state index is 0.0978. The topological polar surface area (TPSA) is 45.7 Å². The Balaban J connectivity index is 1.56. The van der Waals surface area contributed by atoms with E-state index in [9.17, 15) is 4.79 Å². The summed E-state index contributed by atoms with van der Waals surface area (Å²) in [7, 11) is 4.07. The van der Waals surface area contributed by atoms with E-state index >= 15 is 0 Å². The molecule has 0 radical (unpaired) electrons. The second-order valence-electron chi connectivity index (χ2n) is 6.50. The highest BCUT2D eigenvalue weighted by molar-refractivity contribution is 7.13. The lowest BCUT2D eigenvalue weighted by Crippen LogP contribution is -2.37. The lowest BCUT2D eigenvalue weighted by molar-refractivity contribution is 0.0751. The molecule has 0 saturated carbocycles. The van der Waals surface area contributed by atoms with Crippen LogP contribution in [0.15, 0.2) is 6.20 Å². The maximum absolute atomic E-state index is 12.6. The van der Waals surface area contributed by atoms with Gasteiger partial charge < -0.3 is 14.5 Å². The predicted molar refractivity (Wildman–Crippen MR) is 87.2 cm³/mol. The van der Waals surface area contributed by atoms with Gasteiger partial charge in [-0.15, -0.1) is 11.3 Å². The zero-order valence-corrected chi connectivity index (χ0v) is 14.3. The summed E-state index contributed by atoms with van der Waals surface area (Å²) in [4.78, 5) is 21.9. The first kappa shape index (κ1) is 15.9. The summed E-state index contributed by atoms with van der Waals surface area (Å²) in [6.45, 7) is 3.93. The number of thiazole rings is 1. The summed E-state index contributed by atoms with van der Waals surface area (Å²) in [5.74, 6) is 0.719. The average Bonchev–Trinajstić information content (AvgIpc) is 3.19. The van der Waals surface area contributed by atoms with Gasteiger partial charge in [-0.05, 0) is 51.7 Å². The van der Waals surface area contributed by atoms with E-state index in [0.717, 1.165) is 49.0 Å². The number of likely N-dealkylation sites (tertiary alicyclic amines) is 1. The number of hydrogen-bond donors (Lipinski definition) is 0. The Morgan fingerprint density at radius 1 is 1.45 bits per heavy atom. The van der Waals surface area contributed by atoms with Crippen molar-refractivity contribution in [1.82, 2.24) is 14.8 Å². The molecule has 6 heteroatoms. The van der Waals surface area contributed by atoms with Crippen LogP contribution in [0.2, 0.25) is 0 Å². The molecule has 22 heavy (non-hydrogen) atoms. The molecule has 0 bridgehead atoms. The summed E-state index contributed by atoms with van der Waals surface area (Å²) in [5, 5.41) is 0.952. The third-order valence-electron chi connectivity index (χ3n) is 4.66. The van der Waals surface area contributed by atoms with Crippen LogP contribution < -0.4 is 0 Å². The normalized spacial score (nSPS) is 23.8. The van der Waals surface area contributed by atoms with Gasteiger partial charge in [-0.3, -0.25) is 4.79 Å². The Hall–Kier alpha value is -0.980. The molecule has 1 unspecified atom stereocenters. The number of rotatable bonds is 4. The number of hydrogen-bond acceptors (Lipinski definition) is 5. The molecule has 3 rings (SSSR count). The quantitative estimate of drug-likeness (QED) is 0.853. The first-order valence-corrected chi connectivity index (χ1v) is 8.96. The van der Waals surface area contributed by atoms with E-state index in [-0.39, 0.29) is 12.0 Å². The molecule has 2 aliphatic heterocycles. The number of aromatic nitrogens is 1. The van der Waals surface area contributed by atoms with E-state index in [0.29, 0.717) is 5.92 Å². The fraction of sp³-hybridized carbons (Fsp3) is 0.750. The molecule has 0 aromatic carbocycles. The number of amides is 1. The van der Waals surface area contributed by atoms with Crippen LogP contribution in [0.3, 0.4) is 0 Å². The molecule has 1 aromatic heterocycles. The summed E-state index contributed by atoms with van der Waals surface area (Å²) in [6.07, 6.45) is 6.28. The lowest BCUT2D eigenvalue weighted by atomic mass is 9.97. The van der Waals surface area contributed by atoms with Crippen molar-refractivity contribution < 1.29 is 9.53 Å².